The van der Waals surface area contributed by atoms with Crippen LogP contribution in [0.15, 0.2) is 60.8 Å². The first-order valence-electron chi connectivity index (χ1n) is 12.1. The molecule has 42 heavy (non-hydrogen) atoms. The van der Waals surface area contributed by atoms with Crippen molar-refractivity contribution in [2.75, 3.05) is 11.9 Å². The number of halogens is 9. The molecule has 15 heteroatoms. The monoisotopic (exact) mass is 609 g/mol. The van der Waals surface area contributed by atoms with Crippen molar-refractivity contribution in [1.82, 2.24) is 10.3 Å². The second kappa shape index (κ2) is 13.7. The van der Waals surface area contributed by atoms with Crippen molar-refractivity contribution in [2.45, 2.75) is 44.8 Å². The molecule has 3 rings (SSSR count). The number of fused-ring (bicyclic) bond motifs is 1. The number of aromatic nitrogens is 1. The molecule has 1 heterocycles. The summed E-state index contributed by atoms with van der Waals surface area (Å²) in [6.45, 7) is 4.50. The molecule has 1 aromatic heterocycles. The average Bonchev–Trinajstić information content (AvgIpc) is 2.90. The van der Waals surface area contributed by atoms with E-state index in [1.807, 2.05) is 32.0 Å². The number of benzene rings is 2. The van der Waals surface area contributed by atoms with Crippen LogP contribution in [-0.2, 0) is 15.8 Å². The second-order valence-corrected chi connectivity index (χ2v) is 9.18. The van der Waals surface area contributed by atoms with Gasteiger partial charge in [0.25, 0.3) is 5.91 Å². The van der Waals surface area contributed by atoms with Crippen molar-refractivity contribution in [3.05, 3.63) is 71.9 Å². The molecule has 2 aromatic carbocycles. The molecule has 0 fully saturated rings. The summed E-state index contributed by atoms with van der Waals surface area (Å²) < 4.78 is 105. The van der Waals surface area contributed by atoms with Crippen molar-refractivity contribution >= 4 is 34.1 Å². The van der Waals surface area contributed by atoms with E-state index in [2.05, 4.69) is 15.6 Å². The molecule has 228 valence electrons. The molecule has 0 bridgehead atoms. The fourth-order valence-corrected chi connectivity index (χ4v) is 3.46. The molecule has 0 radical (unpaired) electrons. The van der Waals surface area contributed by atoms with E-state index in [9.17, 15) is 53.9 Å². The first kappa shape index (κ1) is 34.0. The Kier molecular flexibility index (Phi) is 11.1. The zero-order valence-electron chi connectivity index (χ0n) is 21.9. The molecule has 0 aliphatic rings. The Hall–Kier alpha value is -4.17. The van der Waals surface area contributed by atoms with Crippen LogP contribution in [0.2, 0.25) is 0 Å². The zero-order chi connectivity index (χ0) is 31.9. The van der Waals surface area contributed by atoms with E-state index in [4.69, 9.17) is 0 Å². The molecule has 3 aromatic rings. The van der Waals surface area contributed by atoms with E-state index >= 15 is 0 Å². The van der Waals surface area contributed by atoms with Gasteiger partial charge in [-0.15, -0.1) is 0 Å². The third-order valence-electron chi connectivity index (χ3n) is 5.70. The molecule has 1 amide bonds. The molecule has 0 saturated heterocycles. The van der Waals surface area contributed by atoms with Crippen molar-refractivity contribution in [3.63, 3.8) is 0 Å². The normalized spacial score (nSPS) is 12.8. The van der Waals surface area contributed by atoms with E-state index in [1.54, 1.807) is 18.3 Å². The number of hydrogen-bond acceptors (Lipinski definition) is 5. The number of pyridine rings is 1. The lowest BCUT2D eigenvalue weighted by atomic mass is 10.00. The number of ketones is 2. The SMILES string of the molecule is CC(C)[C@H](CCNC(=O)c1ccc2ncccc2c1)Nc1ccc(C(F)(F)F)cc1.O=C(C(=O)C(F)(F)F)C(F)(F)F. The number of nitrogens with zero attached hydrogens (tertiary/aromatic N) is 1. The Morgan fingerprint density at radius 1 is 0.810 bits per heavy atom. The third kappa shape index (κ3) is 10.0. The maximum absolute atomic E-state index is 12.7. The van der Waals surface area contributed by atoms with Crippen molar-refractivity contribution in [3.8, 4) is 0 Å². The number of amides is 1. The van der Waals surface area contributed by atoms with E-state index in [-0.39, 0.29) is 17.9 Å². The summed E-state index contributed by atoms with van der Waals surface area (Å²) in [5, 5.41) is 7.08. The quantitative estimate of drug-likeness (QED) is 0.218. The second-order valence-electron chi connectivity index (χ2n) is 9.18. The number of Topliss-reactive ketones (excluding diaryl/α,β-unsaturated/α-hetero) is 2. The fourth-order valence-electron chi connectivity index (χ4n) is 3.46. The van der Waals surface area contributed by atoms with Crippen LogP contribution in [-0.4, -0.2) is 47.4 Å². The van der Waals surface area contributed by atoms with Crippen molar-refractivity contribution in [2.24, 2.45) is 5.92 Å². The Balaban J connectivity index is 0.000000435. The van der Waals surface area contributed by atoms with Crippen LogP contribution < -0.4 is 10.6 Å². The molecule has 6 nitrogen and oxygen atoms in total. The average molecular weight is 609 g/mol. The smallest absolute Gasteiger partial charge is 0.382 e. The van der Waals surface area contributed by atoms with Crippen LogP contribution in [0.3, 0.4) is 0 Å². The summed E-state index contributed by atoms with van der Waals surface area (Å²) in [6.07, 6.45) is -13.5. The van der Waals surface area contributed by atoms with Gasteiger partial charge >= 0.3 is 30.1 Å². The molecule has 0 aliphatic carbocycles. The van der Waals surface area contributed by atoms with Crippen LogP contribution >= 0.6 is 0 Å². The van der Waals surface area contributed by atoms with Gasteiger partial charge < -0.3 is 10.6 Å². The molecule has 0 aliphatic heterocycles. The summed E-state index contributed by atoms with van der Waals surface area (Å²) in [7, 11) is 0. The number of carbonyl (C=O) groups is 3. The molecule has 1 atom stereocenters. The minimum absolute atomic E-state index is 0.00263. The van der Waals surface area contributed by atoms with Gasteiger partial charge in [0, 0.05) is 35.4 Å². The van der Waals surface area contributed by atoms with Crippen LogP contribution in [0, 0.1) is 5.92 Å². The summed E-state index contributed by atoms with van der Waals surface area (Å²) in [6, 6.07) is 14.1. The number of carbonyl (C=O) groups excluding carboxylic acids is 3. The Morgan fingerprint density at radius 3 is 1.88 bits per heavy atom. The molecule has 0 unspecified atom stereocenters. The highest BCUT2D eigenvalue weighted by Crippen LogP contribution is 2.30. The lowest BCUT2D eigenvalue weighted by Crippen LogP contribution is -2.39. The number of nitrogens with one attached hydrogen (secondary N) is 2. The van der Waals surface area contributed by atoms with Gasteiger partial charge in [-0.05, 0) is 60.9 Å². The number of rotatable bonds is 8. The first-order chi connectivity index (χ1) is 19.3. The standard InChI is InChI=1S/C23H24F3N3O.C4F6O2/c1-15(2)20(29-19-8-6-18(7-9-19)23(24,25)26)11-13-28-22(30)17-5-10-21-16(14-17)4-3-12-27-21;5-3(6,7)1(11)2(12)4(8,9)10/h3-10,12,14-15,20,29H,11,13H2,1-2H3,(H,28,30);/t20-;/m0./s1. The van der Waals surface area contributed by atoms with Crippen LogP contribution in [0.5, 0.6) is 0 Å². The number of alkyl halides is 9. The summed E-state index contributed by atoms with van der Waals surface area (Å²) >= 11 is 0. The van der Waals surface area contributed by atoms with Gasteiger partial charge in [0.15, 0.2) is 0 Å². The van der Waals surface area contributed by atoms with Crippen molar-refractivity contribution < 1.29 is 53.9 Å². The first-order valence-corrected chi connectivity index (χ1v) is 12.1. The maximum Gasteiger partial charge on any atom is 0.458 e. The van der Waals surface area contributed by atoms with Gasteiger partial charge in [-0.2, -0.15) is 39.5 Å². The van der Waals surface area contributed by atoms with E-state index < -0.39 is 35.7 Å². The van der Waals surface area contributed by atoms with Crippen LogP contribution in [0.1, 0.15) is 36.2 Å². The molecular weight excluding hydrogens is 585 g/mol. The summed E-state index contributed by atoms with van der Waals surface area (Å²) in [5.41, 5.74) is 1.34. The van der Waals surface area contributed by atoms with Gasteiger partial charge in [0.2, 0.25) is 0 Å². The minimum Gasteiger partial charge on any atom is -0.382 e. The Bertz CT molecular complexity index is 1360. The van der Waals surface area contributed by atoms with E-state index in [0.717, 1.165) is 23.0 Å². The van der Waals surface area contributed by atoms with E-state index in [0.29, 0.717) is 24.2 Å². The summed E-state index contributed by atoms with van der Waals surface area (Å²) in [5.74, 6) is -6.75. The predicted octanol–water partition coefficient (Wildman–Crippen LogP) is 6.76. The van der Waals surface area contributed by atoms with Gasteiger partial charge in [-0.3, -0.25) is 19.4 Å². The largest absolute Gasteiger partial charge is 0.458 e. The highest BCUT2D eigenvalue weighted by Gasteiger charge is 2.54. The Morgan fingerprint density at radius 2 is 1.38 bits per heavy atom. The summed E-state index contributed by atoms with van der Waals surface area (Å²) in [4.78, 5) is 35.9. The van der Waals surface area contributed by atoms with Gasteiger partial charge in [0.1, 0.15) is 0 Å². The number of hydrogen-bond donors (Lipinski definition) is 2. The fraction of sp³-hybridized carbons (Fsp3) is 0.333. The van der Waals surface area contributed by atoms with E-state index in [1.165, 1.54) is 12.1 Å². The topological polar surface area (TPSA) is 88.2 Å². The number of anilines is 1. The predicted molar refractivity (Wildman–Crippen MR) is 135 cm³/mol. The highest BCUT2D eigenvalue weighted by molar-refractivity contribution is 6.41. The van der Waals surface area contributed by atoms with Gasteiger partial charge in [0.05, 0.1) is 11.1 Å². The maximum atomic E-state index is 12.7. The van der Waals surface area contributed by atoms with Crippen LogP contribution in [0.25, 0.3) is 10.9 Å². The Labute approximate surface area is 233 Å². The van der Waals surface area contributed by atoms with Crippen LogP contribution in [0.4, 0.5) is 45.2 Å². The van der Waals surface area contributed by atoms with Crippen molar-refractivity contribution in [1.29, 1.82) is 0 Å². The lowest BCUT2D eigenvalue weighted by molar-refractivity contribution is -0.193. The molecule has 0 saturated carbocycles. The zero-order valence-corrected chi connectivity index (χ0v) is 21.9. The molecule has 2 N–H and O–H groups in total. The highest BCUT2D eigenvalue weighted by atomic mass is 19.4. The van der Waals surface area contributed by atoms with Gasteiger partial charge in [-0.1, -0.05) is 19.9 Å². The van der Waals surface area contributed by atoms with Gasteiger partial charge in [-0.25, -0.2) is 0 Å². The molecule has 0 spiro atoms. The third-order valence-corrected chi connectivity index (χ3v) is 5.70. The lowest BCUT2D eigenvalue weighted by Gasteiger charge is -2.24. The minimum atomic E-state index is -5.77. The molecular formula is C27H24F9N3O3.